The van der Waals surface area contributed by atoms with Crippen LogP contribution < -0.4 is 0 Å². The number of hydrogen-bond donors (Lipinski definition) is 1. The van der Waals surface area contributed by atoms with Gasteiger partial charge in [0, 0.05) is 74.1 Å². The van der Waals surface area contributed by atoms with Gasteiger partial charge in [0.15, 0.2) is 0 Å². The zero-order valence-corrected chi connectivity index (χ0v) is 25.0. The third-order valence-electron chi connectivity index (χ3n) is 4.12. The first-order chi connectivity index (χ1) is 14.4. The highest BCUT2D eigenvalue weighted by Gasteiger charge is 2.48. The Balaban J connectivity index is 5.11. The van der Waals surface area contributed by atoms with Gasteiger partial charge in [-0.05, 0) is 30.4 Å². The van der Waals surface area contributed by atoms with Crippen LogP contribution in [0.2, 0.25) is 11.3 Å². The SMILES string of the molecule is COCCOC(CCO[Si](C[Si](OC)(OC)OC)C[Si](OC)(OC)OC)SSSS. The van der Waals surface area contributed by atoms with Gasteiger partial charge in [0.2, 0.25) is 9.04 Å². The van der Waals surface area contributed by atoms with Crippen molar-refractivity contribution in [1.29, 1.82) is 0 Å². The molecule has 0 aliphatic carbocycles. The van der Waals surface area contributed by atoms with E-state index in [2.05, 4.69) is 11.7 Å². The smallest absolute Gasteiger partial charge is 0.417 e. The van der Waals surface area contributed by atoms with Gasteiger partial charge in [-0.15, -0.1) is 0 Å². The van der Waals surface area contributed by atoms with Gasteiger partial charge in [0.1, 0.15) is 5.44 Å². The molecule has 181 valence electrons. The van der Waals surface area contributed by atoms with E-state index in [4.69, 9.17) is 40.5 Å². The molecule has 0 rings (SSSR count). The Hall–Kier alpha value is 1.69. The molecule has 0 aromatic carbocycles. The van der Waals surface area contributed by atoms with Crippen molar-refractivity contribution < 1.29 is 40.5 Å². The van der Waals surface area contributed by atoms with E-state index in [1.54, 1.807) is 70.4 Å². The van der Waals surface area contributed by atoms with Crippen molar-refractivity contribution in [3.05, 3.63) is 0 Å². The summed E-state index contributed by atoms with van der Waals surface area (Å²) in [5.41, 5.74) is 1.03. The molecule has 16 heteroatoms. The minimum Gasteiger partial charge on any atom is -0.417 e. The van der Waals surface area contributed by atoms with Crippen molar-refractivity contribution in [2.75, 3.05) is 69.6 Å². The average Bonchev–Trinajstić information content (AvgIpc) is 2.79. The highest BCUT2D eigenvalue weighted by molar-refractivity contribution is 9.23. The third kappa shape index (κ3) is 12.2. The van der Waals surface area contributed by atoms with Crippen LogP contribution in [0.1, 0.15) is 6.42 Å². The number of methoxy groups -OCH3 is 1. The molecule has 0 heterocycles. The van der Waals surface area contributed by atoms with Crippen LogP contribution in [0.5, 0.6) is 0 Å². The van der Waals surface area contributed by atoms with E-state index in [0.717, 1.165) is 0 Å². The van der Waals surface area contributed by atoms with E-state index in [0.29, 0.717) is 37.6 Å². The van der Waals surface area contributed by atoms with Crippen molar-refractivity contribution in [2.24, 2.45) is 0 Å². The van der Waals surface area contributed by atoms with Crippen molar-refractivity contribution in [3.63, 3.8) is 0 Å². The Kier molecular flexibility index (Phi) is 20.1. The molecule has 1 unspecified atom stereocenters. The lowest BCUT2D eigenvalue weighted by atomic mass is 10.5. The van der Waals surface area contributed by atoms with Gasteiger partial charge in [0.25, 0.3) is 0 Å². The largest absolute Gasteiger partial charge is 0.499 e. The molecule has 0 amide bonds. The first-order valence-electron chi connectivity index (χ1n) is 8.96. The number of ether oxygens (including phenoxy) is 2. The molecule has 0 saturated heterocycles. The van der Waals surface area contributed by atoms with E-state index in [9.17, 15) is 0 Å². The van der Waals surface area contributed by atoms with Crippen LogP contribution in [0.25, 0.3) is 0 Å². The van der Waals surface area contributed by atoms with E-state index in [-0.39, 0.29) is 5.44 Å². The second-order valence-corrected chi connectivity index (χ2v) is 20.0. The normalized spacial score (nSPS) is 13.9. The Labute approximate surface area is 201 Å². The van der Waals surface area contributed by atoms with E-state index in [1.807, 2.05) is 0 Å². The Morgan fingerprint density at radius 3 is 1.67 bits per heavy atom. The van der Waals surface area contributed by atoms with Gasteiger partial charge in [-0.3, -0.25) is 0 Å². The number of rotatable bonds is 21. The topological polar surface area (TPSA) is 83.1 Å². The fraction of sp³-hybridized carbons (Fsp3) is 1.00. The Bertz CT molecular complexity index is 374. The monoisotopic (exact) mass is 559 g/mol. The van der Waals surface area contributed by atoms with Crippen LogP contribution in [-0.2, 0) is 40.5 Å². The standard InChI is InChI=1S/C14H35O9S4Si3/c1-15-10-11-22-14(25-27-26-24)8-9-23-28(12-29(16-2,17-3)18-4)13-30(19-5,20-6)21-7/h14,24H,8-13H2,1-7H3. The summed E-state index contributed by atoms with van der Waals surface area (Å²) >= 11 is 4.16. The first-order valence-corrected chi connectivity index (χ1v) is 19.2. The molecule has 0 fully saturated rings. The molecule has 0 N–H and O–H groups in total. The summed E-state index contributed by atoms with van der Waals surface area (Å²) in [6.45, 7) is 1.56. The summed E-state index contributed by atoms with van der Waals surface area (Å²) < 4.78 is 50.9. The highest BCUT2D eigenvalue weighted by Crippen LogP contribution is 2.41. The molecule has 1 atom stereocenters. The quantitative estimate of drug-likeness (QED) is 0.0738. The summed E-state index contributed by atoms with van der Waals surface area (Å²) in [6.07, 6.45) is 0.701. The van der Waals surface area contributed by atoms with E-state index in [1.165, 1.54) is 9.83 Å². The molecule has 0 spiro atoms. The second kappa shape index (κ2) is 19.0. The molecule has 0 aliphatic rings. The molecule has 9 nitrogen and oxygen atoms in total. The van der Waals surface area contributed by atoms with Gasteiger partial charge < -0.3 is 40.5 Å². The molecule has 30 heavy (non-hydrogen) atoms. The molecule has 0 aromatic heterocycles. The van der Waals surface area contributed by atoms with Gasteiger partial charge in [-0.25, -0.2) is 0 Å². The van der Waals surface area contributed by atoms with E-state index >= 15 is 0 Å². The van der Waals surface area contributed by atoms with Crippen molar-refractivity contribution in [2.45, 2.75) is 23.2 Å². The molecular weight excluding hydrogens is 525 g/mol. The van der Waals surface area contributed by atoms with Crippen LogP contribution in [0.3, 0.4) is 0 Å². The molecule has 0 aliphatic heterocycles. The maximum absolute atomic E-state index is 6.31. The maximum atomic E-state index is 6.31. The third-order valence-corrected chi connectivity index (χ3v) is 19.8. The predicted octanol–water partition coefficient (Wildman–Crippen LogP) is 3.08. The van der Waals surface area contributed by atoms with Gasteiger partial charge in [0.05, 0.1) is 13.2 Å². The van der Waals surface area contributed by atoms with Gasteiger partial charge in [-0.1, -0.05) is 11.7 Å². The number of hydrogen-bond acceptors (Lipinski definition) is 13. The summed E-state index contributed by atoms with van der Waals surface area (Å²) in [6, 6.07) is 0. The highest BCUT2D eigenvalue weighted by atomic mass is 33.7. The van der Waals surface area contributed by atoms with Crippen molar-refractivity contribution in [1.82, 2.24) is 0 Å². The average molecular weight is 560 g/mol. The molecule has 0 bridgehead atoms. The fourth-order valence-electron chi connectivity index (χ4n) is 2.36. The van der Waals surface area contributed by atoms with Crippen LogP contribution in [0.15, 0.2) is 0 Å². The lowest BCUT2D eigenvalue weighted by molar-refractivity contribution is 0.0490. The van der Waals surface area contributed by atoms with Crippen molar-refractivity contribution in [3.8, 4) is 0 Å². The lowest BCUT2D eigenvalue weighted by Gasteiger charge is -2.31. The van der Waals surface area contributed by atoms with Crippen LogP contribution in [-0.4, -0.2) is 102 Å². The summed E-state index contributed by atoms with van der Waals surface area (Å²) in [7, 11) is 8.55. The first kappa shape index (κ1) is 31.7. The minimum atomic E-state index is -2.84. The van der Waals surface area contributed by atoms with Crippen LogP contribution in [0, 0.1) is 0 Å². The summed E-state index contributed by atoms with van der Waals surface area (Å²) in [4.78, 5) is 0. The minimum absolute atomic E-state index is 0.0448. The van der Waals surface area contributed by atoms with Crippen LogP contribution in [0.4, 0.5) is 0 Å². The number of thiol groups is 1. The zero-order chi connectivity index (χ0) is 22.9. The molecular formula is C14H35O9S4Si3. The van der Waals surface area contributed by atoms with Crippen molar-refractivity contribution >= 4 is 68.8 Å². The Morgan fingerprint density at radius 2 is 1.27 bits per heavy atom. The molecule has 0 aromatic rings. The lowest BCUT2D eigenvalue weighted by Crippen LogP contribution is -2.52. The van der Waals surface area contributed by atoms with Gasteiger partial charge >= 0.3 is 17.6 Å². The Morgan fingerprint density at radius 1 is 0.767 bits per heavy atom. The molecule has 1 radical (unpaired) electrons. The van der Waals surface area contributed by atoms with Crippen LogP contribution >= 0.6 is 42.1 Å². The second-order valence-electron chi connectivity index (χ2n) is 5.65. The van der Waals surface area contributed by atoms with Gasteiger partial charge in [-0.2, -0.15) is 0 Å². The summed E-state index contributed by atoms with van der Waals surface area (Å²) in [5, 5.41) is 0. The zero-order valence-electron chi connectivity index (χ0n) is 18.7. The predicted molar refractivity (Wildman–Crippen MR) is 133 cm³/mol. The molecule has 0 saturated carbocycles. The maximum Gasteiger partial charge on any atom is 0.499 e. The fourth-order valence-corrected chi connectivity index (χ4v) is 16.9. The summed E-state index contributed by atoms with van der Waals surface area (Å²) in [5.74, 6) is 0. The van der Waals surface area contributed by atoms with E-state index < -0.39 is 26.6 Å².